The van der Waals surface area contributed by atoms with Crippen LogP contribution in [0.5, 0.6) is 0 Å². The third-order valence-electron chi connectivity index (χ3n) is 11.7. The van der Waals surface area contributed by atoms with Gasteiger partial charge in [0.1, 0.15) is 11.2 Å². The first-order valence-corrected chi connectivity index (χ1v) is 21.4. The van der Waals surface area contributed by atoms with E-state index in [2.05, 4.69) is 137 Å². The van der Waals surface area contributed by atoms with Crippen molar-refractivity contribution in [2.24, 2.45) is 0 Å². The summed E-state index contributed by atoms with van der Waals surface area (Å²) in [6, 6.07) is 67.6. The van der Waals surface area contributed by atoms with Crippen LogP contribution in [-0.2, 0) is 0 Å². The molecule has 12 aromatic rings. The topological polar surface area (TPSA) is 64.7 Å². The zero-order valence-corrected chi connectivity index (χ0v) is 34.1. The Morgan fingerprint density at radius 2 is 0.903 bits per heavy atom. The minimum absolute atomic E-state index is 0.644. The van der Waals surface area contributed by atoms with Crippen LogP contribution in [0, 0.1) is 0 Å². The van der Waals surface area contributed by atoms with Crippen molar-refractivity contribution in [2.75, 3.05) is 0 Å². The minimum atomic E-state index is 0.644. The highest BCUT2D eigenvalue weighted by Crippen LogP contribution is 2.44. The number of furan rings is 1. The van der Waals surface area contributed by atoms with Gasteiger partial charge in [0.25, 0.3) is 0 Å². The molecular weight excluding hydrogens is 777 g/mol. The van der Waals surface area contributed by atoms with Crippen molar-refractivity contribution in [2.45, 2.75) is 0 Å². The Balaban J connectivity index is 0.908. The number of hydrogen-bond acceptors (Lipinski definition) is 6. The van der Waals surface area contributed by atoms with Crippen LogP contribution in [0.1, 0.15) is 0 Å². The molecule has 0 saturated heterocycles. The van der Waals surface area contributed by atoms with Crippen LogP contribution in [0.25, 0.3) is 121 Å². The molecule has 0 radical (unpaired) electrons. The predicted octanol–water partition coefficient (Wildman–Crippen LogP) is 15.2. The Morgan fingerprint density at radius 1 is 0.355 bits per heavy atom. The monoisotopic (exact) mass is 810 g/mol. The molecule has 5 nitrogen and oxygen atoms in total. The van der Waals surface area contributed by atoms with Crippen LogP contribution < -0.4 is 0 Å². The highest BCUT2D eigenvalue weighted by atomic mass is 32.1. The zero-order valence-electron chi connectivity index (χ0n) is 33.2. The number of hydrogen-bond donors (Lipinski definition) is 0. The Labute approximate surface area is 361 Å². The molecular formula is C56H34N4OS. The van der Waals surface area contributed by atoms with Crippen LogP contribution in [0.2, 0.25) is 0 Å². The highest BCUT2D eigenvalue weighted by molar-refractivity contribution is 7.25. The van der Waals surface area contributed by atoms with E-state index in [-0.39, 0.29) is 0 Å². The maximum Gasteiger partial charge on any atom is 0.160 e. The van der Waals surface area contributed by atoms with Crippen molar-refractivity contribution in [1.82, 2.24) is 19.9 Å². The van der Waals surface area contributed by atoms with E-state index in [1.54, 1.807) is 0 Å². The number of benzene rings is 8. The standard InChI is InChI=1S/C56H34N4OS/c1-3-11-35(12-4-1)42-33-57-55(58-34-42)39-23-25-40(26-24-39)56-59-48(37-13-5-2-6-14-37)32-49(60-56)38-21-19-36(20-22-38)44-29-28-43(53-46-16-7-9-17-50(46)61-54(44)53)41-27-30-52-47(31-41)45-15-8-10-18-51(45)62-52/h1-34H. The molecule has 0 aliphatic carbocycles. The van der Waals surface area contributed by atoms with Gasteiger partial charge in [0, 0.05) is 76.7 Å². The first-order valence-electron chi connectivity index (χ1n) is 20.6. The summed E-state index contributed by atoms with van der Waals surface area (Å²) < 4.78 is 9.32. The summed E-state index contributed by atoms with van der Waals surface area (Å²) in [7, 11) is 0. The van der Waals surface area contributed by atoms with Crippen molar-refractivity contribution in [3.63, 3.8) is 0 Å². The minimum Gasteiger partial charge on any atom is -0.455 e. The van der Waals surface area contributed by atoms with Crippen molar-refractivity contribution in [1.29, 1.82) is 0 Å². The van der Waals surface area contributed by atoms with Gasteiger partial charge in [-0.25, -0.2) is 19.9 Å². The average molecular weight is 811 g/mol. The molecule has 0 atom stereocenters. The van der Waals surface area contributed by atoms with Gasteiger partial charge in [-0.1, -0.05) is 158 Å². The van der Waals surface area contributed by atoms with E-state index in [9.17, 15) is 0 Å². The number of nitrogens with zero attached hydrogens (tertiary/aromatic N) is 4. The molecule has 0 spiro atoms. The first kappa shape index (κ1) is 35.8. The number of thiophene rings is 1. The second-order valence-corrected chi connectivity index (χ2v) is 16.5. The fourth-order valence-corrected chi connectivity index (χ4v) is 9.60. The van der Waals surface area contributed by atoms with Crippen molar-refractivity contribution in [3.8, 4) is 78.7 Å². The molecule has 0 saturated carbocycles. The van der Waals surface area contributed by atoms with Gasteiger partial charge in [-0.05, 0) is 58.7 Å². The molecule has 0 amide bonds. The Hall–Kier alpha value is -8.06. The van der Waals surface area contributed by atoms with E-state index in [4.69, 9.17) is 14.4 Å². The lowest BCUT2D eigenvalue weighted by molar-refractivity contribution is 0.670. The second-order valence-electron chi connectivity index (χ2n) is 15.4. The largest absolute Gasteiger partial charge is 0.455 e. The van der Waals surface area contributed by atoms with Gasteiger partial charge < -0.3 is 4.42 Å². The zero-order chi connectivity index (χ0) is 41.0. The van der Waals surface area contributed by atoms with Gasteiger partial charge in [0.05, 0.1) is 11.4 Å². The second kappa shape index (κ2) is 14.9. The van der Waals surface area contributed by atoms with Crippen LogP contribution in [0.15, 0.2) is 211 Å². The normalized spacial score (nSPS) is 11.5. The Bertz CT molecular complexity index is 3600. The molecule has 0 unspecified atom stereocenters. The van der Waals surface area contributed by atoms with Gasteiger partial charge >= 0.3 is 0 Å². The number of para-hydroxylation sites is 1. The molecule has 6 heteroatoms. The van der Waals surface area contributed by atoms with Crippen molar-refractivity contribution < 1.29 is 4.42 Å². The lowest BCUT2D eigenvalue weighted by atomic mass is 9.93. The van der Waals surface area contributed by atoms with Gasteiger partial charge in [0.15, 0.2) is 11.6 Å². The van der Waals surface area contributed by atoms with Gasteiger partial charge in [0.2, 0.25) is 0 Å². The van der Waals surface area contributed by atoms with E-state index >= 15 is 0 Å². The van der Waals surface area contributed by atoms with Crippen LogP contribution in [0.3, 0.4) is 0 Å². The van der Waals surface area contributed by atoms with E-state index in [0.29, 0.717) is 11.6 Å². The SMILES string of the molecule is c1ccc(-c2cnc(-c3ccc(-c4nc(-c5ccccc5)cc(-c5ccc(-c6ccc(-c7ccc8sc9ccccc9c8c7)c7c6oc6ccccc67)cc5)n4)cc3)nc2)cc1. The highest BCUT2D eigenvalue weighted by Gasteiger charge is 2.19. The van der Waals surface area contributed by atoms with Crippen LogP contribution >= 0.6 is 11.3 Å². The third-order valence-corrected chi connectivity index (χ3v) is 12.8. The summed E-state index contributed by atoms with van der Waals surface area (Å²) in [5.41, 5.74) is 13.8. The van der Waals surface area contributed by atoms with E-state index in [0.717, 1.165) is 83.4 Å². The lowest BCUT2D eigenvalue weighted by Gasteiger charge is -2.11. The van der Waals surface area contributed by atoms with E-state index in [1.807, 2.05) is 90.5 Å². The molecule has 0 bridgehead atoms. The molecule has 290 valence electrons. The molecule has 0 N–H and O–H groups in total. The molecule has 12 rings (SSSR count). The van der Waals surface area contributed by atoms with E-state index in [1.165, 1.54) is 25.7 Å². The van der Waals surface area contributed by atoms with Crippen molar-refractivity contribution in [3.05, 3.63) is 207 Å². The third kappa shape index (κ3) is 6.33. The summed E-state index contributed by atoms with van der Waals surface area (Å²) in [4.78, 5) is 19.6. The molecule has 0 fully saturated rings. The number of aromatic nitrogens is 4. The summed E-state index contributed by atoms with van der Waals surface area (Å²) in [6.07, 6.45) is 3.75. The average Bonchev–Trinajstić information content (AvgIpc) is 3.93. The predicted molar refractivity (Wildman–Crippen MR) is 256 cm³/mol. The first-order chi connectivity index (χ1) is 30.7. The quantitative estimate of drug-likeness (QED) is 0.160. The summed E-state index contributed by atoms with van der Waals surface area (Å²) in [6.45, 7) is 0. The molecule has 4 heterocycles. The summed E-state index contributed by atoms with van der Waals surface area (Å²) in [5, 5.41) is 4.80. The fourth-order valence-electron chi connectivity index (χ4n) is 8.52. The lowest BCUT2D eigenvalue weighted by Crippen LogP contribution is -1.96. The van der Waals surface area contributed by atoms with Gasteiger partial charge in [-0.15, -0.1) is 11.3 Å². The molecule has 0 aliphatic heterocycles. The van der Waals surface area contributed by atoms with Gasteiger partial charge in [-0.2, -0.15) is 0 Å². The maximum absolute atomic E-state index is 6.72. The smallest absolute Gasteiger partial charge is 0.160 e. The van der Waals surface area contributed by atoms with Crippen LogP contribution in [-0.4, -0.2) is 19.9 Å². The van der Waals surface area contributed by atoms with Crippen LogP contribution in [0.4, 0.5) is 0 Å². The fraction of sp³-hybridized carbons (Fsp3) is 0. The molecule has 0 aliphatic rings. The number of rotatable bonds is 7. The number of fused-ring (bicyclic) bond motifs is 6. The molecule has 8 aromatic carbocycles. The molecule has 4 aromatic heterocycles. The maximum atomic E-state index is 6.72. The van der Waals surface area contributed by atoms with E-state index < -0.39 is 0 Å². The Morgan fingerprint density at radius 3 is 1.65 bits per heavy atom. The molecule has 62 heavy (non-hydrogen) atoms. The van der Waals surface area contributed by atoms with Crippen molar-refractivity contribution >= 4 is 53.4 Å². The van der Waals surface area contributed by atoms with Gasteiger partial charge in [-0.3, -0.25) is 0 Å². The summed E-state index contributed by atoms with van der Waals surface area (Å²) in [5.74, 6) is 1.31. The Kier molecular flexibility index (Phi) is 8.61. The summed E-state index contributed by atoms with van der Waals surface area (Å²) >= 11 is 1.84.